The molecule has 0 unspecified atom stereocenters. The molecule has 1 aliphatic carbocycles. The van der Waals surface area contributed by atoms with E-state index in [4.69, 9.17) is 10.5 Å². The molecular formula is C15H13NO2. The van der Waals surface area contributed by atoms with Gasteiger partial charge in [0, 0.05) is 23.7 Å². The van der Waals surface area contributed by atoms with Crippen molar-refractivity contribution in [3.8, 4) is 11.1 Å². The highest BCUT2D eigenvalue weighted by Gasteiger charge is 2.30. The van der Waals surface area contributed by atoms with Crippen molar-refractivity contribution in [2.24, 2.45) is 0 Å². The minimum Gasteiger partial charge on any atom is -0.453 e. The van der Waals surface area contributed by atoms with Gasteiger partial charge >= 0.3 is 5.97 Å². The Hall–Kier alpha value is -2.29. The number of rotatable bonds is 1. The summed E-state index contributed by atoms with van der Waals surface area (Å²) >= 11 is 0. The Morgan fingerprint density at radius 2 is 1.83 bits per heavy atom. The van der Waals surface area contributed by atoms with Crippen LogP contribution in [0.15, 0.2) is 42.5 Å². The van der Waals surface area contributed by atoms with Crippen molar-refractivity contribution >= 4 is 11.7 Å². The van der Waals surface area contributed by atoms with Crippen molar-refractivity contribution in [3.05, 3.63) is 53.6 Å². The molecule has 2 aromatic rings. The van der Waals surface area contributed by atoms with Crippen molar-refractivity contribution in [1.82, 2.24) is 0 Å². The van der Waals surface area contributed by atoms with Crippen molar-refractivity contribution in [3.63, 3.8) is 0 Å². The van der Waals surface area contributed by atoms with Gasteiger partial charge in [0.15, 0.2) is 6.10 Å². The molecule has 3 nitrogen and oxygen atoms in total. The van der Waals surface area contributed by atoms with E-state index in [1.807, 2.05) is 42.5 Å². The summed E-state index contributed by atoms with van der Waals surface area (Å²) in [6, 6.07) is 13.7. The Morgan fingerprint density at radius 3 is 2.61 bits per heavy atom. The van der Waals surface area contributed by atoms with Crippen LogP contribution in [0.5, 0.6) is 0 Å². The maximum Gasteiger partial charge on any atom is 0.303 e. The summed E-state index contributed by atoms with van der Waals surface area (Å²) in [5, 5.41) is 0. The summed E-state index contributed by atoms with van der Waals surface area (Å²) in [7, 11) is 0. The third kappa shape index (κ3) is 1.56. The van der Waals surface area contributed by atoms with E-state index in [2.05, 4.69) is 0 Å². The zero-order chi connectivity index (χ0) is 12.7. The van der Waals surface area contributed by atoms with Crippen LogP contribution in [-0.2, 0) is 9.53 Å². The van der Waals surface area contributed by atoms with Crippen LogP contribution in [0.4, 0.5) is 5.69 Å². The maximum atomic E-state index is 11.3. The molecule has 0 heterocycles. The highest BCUT2D eigenvalue weighted by molar-refractivity contribution is 5.81. The number of hydrogen-bond donors (Lipinski definition) is 1. The lowest BCUT2D eigenvalue weighted by atomic mass is 10.1. The topological polar surface area (TPSA) is 52.3 Å². The average molecular weight is 239 g/mol. The molecule has 0 fully saturated rings. The van der Waals surface area contributed by atoms with E-state index in [0.717, 1.165) is 22.3 Å². The first-order valence-electron chi connectivity index (χ1n) is 5.83. The Bertz CT molecular complexity index is 634. The lowest BCUT2D eigenvalue weighted by Gasteiger charge is -2.13. The van der Waals surface area contributed by atoms with Gasteiger partial charge in [-0.2, -0.15) is 0 Å². The van der Waals surface area contributed by atoms with Gasteiger partial charge in [0.1, 0.15) is 0 Å². The zero-order valence-electron chi connectivity index (χ0n) is 10.0. The van der Waals surface area contributed by atoms with E-state index in [-0.39, 0.29) is 12.1 Å². The number of esters is 1. The van der Waals surface area contributed by atoms with Crippen molar-refractivity contribution in [2.45, 2.75) is 13.0 Å². The summed E-state index contributed by atoms with van der Waals surface area (Å²) in [5.41, 5.74) is 10.7. The highest BCUT2D eigenvalue weighted by atomic mass is 16.5. The number of fused-ring (bicyclic) bond motifs is 3. The van der Waals surface area contributed by atoms with E-state index in [0.29, 0.717) is 5.69 Å². The Balaban J connectivity index is 2.21. The number of benzene rings is 2. The number of ether oxygens (including phenoxy) is 1. The van der Waals surface area contributed by atoms with Gasteiger partial charge in [0.05, 0.1) is 0 Å². The molecule has 0 radical (unpaired) electrons. The van der Waals surface area contributed by atoms with E-state index in [9.17, 15) is 4.79 Å². The average Bonchev–Trinajstić information content (AvgIpc) is 2.63. The molecule has 3 heteroatoms. The summed E-state index contributed by atoms with van der Waals surface area (Å²) < 4.78 is 5.42. The molecule has 0 aliphatic heterocycles. The van der Waals surface area contributed by atoms with Crippen LogP contribution < -0.4 is 5.73 Å². The van der Waals surface area contributed by atoms with Crippen molar-refractivity contribution < 1.29 is 9.53 Å². The minimum atomic E-state index is -0.336. The number of carbonyl (C=O) groups excluding carboxylic acids is 1. The van der Waals surface area contributed by atoms with Crippen LogP contribution in [0.3, 0.4) is 0 Å². The summed E-state index contributed by atoms with van der Waals surface area (Å²) in [5.74, 6) is -0.287. The predicted molar refractivity (Wildman–Crippen MR) is 69.9 cm³/mol. The van der Waals surface area contributed by atoms with Gasteiger partial charge < -0.3 is 10.5 Å². The Kier molecular flexibility index (Phi) is 2.33. The number of anilines is 1. The smallest absolute Gasteiger partial charge is 0.303 e. The van der Waals surface area contributed by atoms with Gasteiger partial charge in [-0.1, -0.05) is 30.3 Å². The lowest BCUT2D eigenvalue weighted by Crippen LogP contribution is -2.07. The molecule has 0 bridgehead atoms. The number of nitrogen functional groups attached to an aromatic ring is 1. The lowest BCUT2D eigenvalue weighted by molar-refractivity contribution is -0.144. The maximum absolute atomic E-state index is 11.3. The van der Waals surface area contributed by atoms with Crippen LogP contribution in [0.1, 0.15) is 24.2 Å². The molecule has 3 rings (SSSR count). The standard InChI is InChI=1S/C15H13NO2/c1-9(17)18-15-13-5-3-2-4-11(13)12-7-6-10(16)8-14(12)15/h2-8,15H,16H2,1H3/t15-/m0/s1. The number of hydrogen-bond acceptors (Lipinski definition) is 3. The van der Waals surface area contributed by atoms with Gasteiger partial charge in [-0.15, -0.1) is 0 Å². The van der Waals surface area contributed by atoms with Gasteiger partial charge in [0.2, 0.25) is 0 Å². The minimum absolute atomic E-state index is 0.287. The molecular weight excluding hydrogens is 226 g/mol. The van der Waals surface area contributed by atoms with Crippen LogP contribution in [0.25, 0.3) is 11.1 Å². The normalized spacial score (nSPS) is 15.9. The quantitative estimate of drug-likeness (QED) is 0.615. The fourth-order valence-electron chi connectivity index (χ4n) is 2.47. The first-order chi connectivity index (χ1) is 8.66. The zero-order valence-corrected chi connectivity index (χ0v) is 10.0. The molecule has 1 aliphatic rings. The summed E-state index contributed by atoms with van der Waals surface area (Å²) in [6.45, 7) is 1.42. The number of carbonyl (C=O) groups is 1. The molecule has 0 saturated heterocycles. The second-order valence-corrected chi connectivity index (χ2v) is 4.42. The fourth-order valence-corrected chi connectivity index (χ4v) is 2.47. The molecule has 1 atom stereocenters. The number of nitrogens with two attached hydrogens (primary N) is 1. The Morgan fingerprint density at radius 1 is 1.11 bits per heavy atom. The fraction of sp³-hybridized carbons (Fsp3) is 0.133. The molecule has 0 saturated carbocycles. The molecule has 18 heavy (non-hydrogen) atoms. The Labute approximate surface area is 105 Å². The SMILES string of the molecule is CC(=O)O[C@H]1c2ccccc2-c2ccc(N)cc21. The van der Waals surface area contributed by atoms with Crippen LogP contribution in [-0.4, -0.2) is 5.97 Å². The monoisotopic (exact) mass is 239 g/mol. The second-order valence-electron chi connectivity index (χ2n) is 4.42. The molecule has 2 aromatic carbocycles. The van der Waals surface area contributed by atoms with E-state index in [1.165, 1.54) is 6.92 Å². The van der Waals surface area contributed by atoms with Gasteiger partial charge in [-0.25, -0.2) is 0 Å². The largest absolute Gasteiger partial charge is 0.453 e. The van der Waals surface area contributed by atoms with Crippen LogP contribution >= 0.6 is 0 Å². The van der Waals surface area contributed by atoms with Crippen LogP contribution in [0.2, 0.25) is 0 Å². The molecule has 0 aromatic heterocycles. The second kappa shape index (κ2) is 3.88. The first-order valence-corrected chi connectivity index (χ1v) is 5.83. The van der Waals surface area contributed by atoms with E-state index >= 15 is 0 Å². The highest BCUT2D eigenvalue weighted by Crippen LogP contribution is 2.45. The third-order valence-electron chi connectivity index (χ3n) is 3.18. The molecule has 0 spiro atoms. The summed E-state index contributed by atoms with van der Waals surface area (Å²) in [6.07, 6.45) is -0.336. The summed E-state index contributed by atoms with van der Waals surface area (Å²) in [4.78, 5) is 11.3. The third-order valence-corrected chi connectivity index (χ3v) is 3.18. The van der Waals surface area contributed by atoms with Crippen LogP contribution in [0, 0.1) is 0 Å². The predicted octanol–water partition coefficient (Wildman–Crippen LogP) is 2.90. The van der Waals surface area contributed by atoms with Crippen molar-refractivity contribution in [2.75, 3.05) is 5.73 Å². The van der Waals surface area contributed by atoms with Gasteiger partial charge in [0.25, 0.3) is 0 Å². The van der Waals surface area contributed by atoms with E-state index < -0.39 is 0 Å². The first kappa shape index (κ1) is 10.8. The van der Waals surface area contributed by atoms with Gasteiger partial charge in [-0.3, -0.25) is 4.79 Å². The molecule has 2 N–H and O–H groups in total. The van der Waals surface area contributed by atoms with E-state index in [1.54, 1.807) is 0 Å². The molecule has 90 valence electrons. The molecule has 0 amide bonds. The van der Waals surface area contributed by atoms with Gasteiger partial charge in [-0.05, 0) is 23.3 Å². The van der Waals surface area contributed by atoms with Crippen molar-refractivity contribution in [1.29, 1.82) is 0 Å².